The van der Waals surface area contributed by atoms with Crippen molar-refractivity contribution < 1.29 is 53.9 Å². The van der Waals surface area contributed by atoms with Gasteiger partial charge in [-0.25, -0.2) is 5.84 Å². The van der Waals surface area contributed by atoms with E-state index in [1.807, 2.05) is 5.43 Å². The second kappa shape index (κ2) is 22.4. The topological polar surface area (TPSA) is 263 Å². The predicted octanol–water partition coefficient (Wildman–Crippen LogP) is 0.316. The lowest BCUT2D eigenvalue weighted by Crippen LogP contribution is -2.50. The molecule has 0 bridgehead atoms. The van der Waals surface area contributed by atoms with Crippen molar-refractivity contribution in [3.63, 3.8) is 0 Å². The Bertz CT molecular complexity index is 1100. The number of nitrogens with two attached hydrogens (primary N) is 2. The molecule has 1 amide bonds. The first-order valence-electron chi connectivity index (χ1n) is 15.1. The average Bonchev–Trinajstić information content (AvgIpc) is 2.97. The maximum atomic E-state index is 12.3. The number of carboxylic acid groups (broad SMARTS) is 4. The van der Waals surface area contributed by atoms with Crippen LogP contribution in [0.3, 0.4) is 0 Å². The molecule has 0 spiro atoms. The summed E-state index contributed by atoms with van der Waals surface area (Å²) >= 11 is 0. The molecule has 16 heteroatoms. The Hall–Kier alpha value is -4.12. The number of Topliss-reactive ketones (excluding diaryl/α,β-unsaturated/α-hetero) is 1. The number of hydrazine groups is 1. The van der Waals surface area contributed by atoms with Gasteiger partial charge in [0.15, 0.2) is 5.78 Å². The van der Waals surface area contributed by atoms with Gasteiger partial charge < -0.3 is 30.9 Å². The first kappa shape index (κ1) is 39.9. The Morgan fingerprint density at radius 1 is 0.739 bits per heavy atom. The van der Waals surface area contributed by atoms with E-state index in [9.17, 15) is 49.2 Å². The fourth-order valence-corrected chi connectivity index (χ4v) is 4.87. The van der Waals surface area contributed by atoms with Crippen molar-refractivity contribution >= 4 is 35.6 Å². The molecule has 16 nitrogen and oxygen atoms in total. The van der Waals surface area contributed by atoms with Crippen molar-refractivity contribution in [2.24, 2.45) is 11.6 Å². The van der Waals surface area contributed by atoms with Crippen LogP contribution in [0.5, 0.6) is 5.75 Å². The summed E-state index contributed by atoms with van der Waals surface area (Å²) < 4.78 is 5.60. The van der Waals surface area contributed by atoms with Crippen LogP contribution in [0.25, 0.3) is 0 Å². The third-order valence-electron chi connectivity index (χ3n) is 7.12. The monoisotopic (exact) mass is 653 g/mol. The van der Waals surface area contributed by atoms with E-state index in [1.165, 1.54) is 0 Å². The van der Waals surface area contributed by atoms with Crippen molar-refractivity contribution in [1.29, 1.82) is 0 Å². The fourth-order valence-electron chi connectivity index (χ4n) is 4.87. The highest BCUT2D eigenvalue weighted by atomic mass is 16.5. The quantitative estimate of drug-likeness (QED) is 0.0292. The Kier molecular flexibility index (Phi) is 19.4. The molecule has 2 atom stereocenters. The van der Waals surface area contributed by atoms with Crippen LogP contribution in [0, 0.1) is 0 Å². The summed E-state index contributed by atoms with van der Waals surface area (Å²) in [5.74, 6) is -0.107. The smallest absolute Gasteiger partial charge is 0.317 e. The Morgan fingerprint density at radius 3 is 1.74 bits per heavy atom. The largest absolute Gasteiger partial charge is 0.486 e. The minimum Gasteiger partial charge on any atom is -0.486 e. The van der Waals surface area contributed by atoms with Gasteiger partial charge >= 0.3 is 23.9 Å². The van der Waals surface area contributed by atoms with Gasteiger partial charge in [0.05, 0.1) is 32.2 Å². The Morgan fingerprint density at radius 2 is 1.24 bits per heavy atom. The van der Waals surface area contributed by atoms with E-state index >= 15 is 0 Å². The van der Waals surface area contributed by atoms with Crippen molar-refractivity contribution in [1.82, 2.24) is 15.2 Å². The van der Waals surface area contributed by atoms with Gasteiger partial charge in [-0.1, -0.05) is 50.7 Å². The van der Waals surface area contributed by atoms with Crippen LogP contribution in [0.15, 0.2) is 24.3 Å². The first-order chi connectivity index (χ1) is 21.8. The number of unbranched alkanes of at least 4 members (excludes halogenated alkanes) is 6. The minimum absolute atomic E-state index is 0.0498. The fraction of sp³-hybridized carbons (Fsp3) is 0.600. The number of benzene rings is 1. The van der Waals surface area contributed by atoms with Gasteiger partial charge in [0.2, 0.25) is 0 Å². The lowest BCUT2D eigenvalue weighted by Gasteiger charge is -2.33. The van der Waals surface area contributed by atoms with Crippen LogP contribution < -0.4 is 21.7 Å². The number of ketones is 1. The number of aliphatic carboxylic acids is 4. The van der Waals surface area contributed by atoms with Crippen molar-refractivity contribution in [3.8, 4) is 5.75 Å². The molecule has 0 saturated carbocycles. The molecule has 0 aliphatic carbocycles. The second-order valence-corrected chi connectivity index (χ2v) is 11.1. The molecular formula is C30H47N5O11. The molecule has 2 unspecified atom stereocenters. The molecule has 0 aliphatic rings. The molecule has 0 radical (unpaired) electrons. The SMILES string of the molecule is NNC(=O)C(N)CCCCCCCCCC(=O)COc1ccc(CC(CN(CC(=O)O)CC(=O)O)N(CC(=O)O)CC(=O)O)cc1. The molecule has 1 rings (SSSR count). The highest BCUT2D eigenvalue weighted by Crippen LogP contribution is 2.17. The van der Waals surface area contributed by atoms with E-state index in [1.54, 1.807) is 24.3 Å². The van der Waals surface area contributed by atoms with Crippen LogP contribution in [-0.2, 0) is 35.2 Å². The summed E-state index contributed by atoms with van der Waals surface area (Å²) in [4.78, 5) is 71.3. The van der Waals surface area contributed by atoms with E-state index in [2.05, 4.69) is 0 Å². The van der Waals surface area contributed by atoms with Crippen molar-refractivity contribution in [2.45, 2.75) is 76.3 Å². The summed E-state index contributed by atoms with van der Waals surface area (Å²) in [5.41, 5.74) is 8.37. The molecule has 258 valence electrons. The van der Waals surface area contributed by atoms with Crippen LogP contribution in [0.1, 0.15) is 63.4 Å². The number of carbonyl (C=O) groups excluding carboxylic acids is 2. The third kappa shape index (κ3) is 18.6. The third-order valence-corrected chi connectivity index (χ3v) is 7.12. The summed E-state index contributed by atoms with van der Waals surface area (Å²) in [7, 11) is 0. The number of hydrogen-bond acceptors (Lipinski definition) is 11. The van der Waals surface area contributed by atoms with Gasteiger partial charge in [-0.3, -0.25) is 44.0 Å². The molecule has 0 aliphatic heterocycles. The van der Waals surface area contributed by atoms with E-state index in [0.717, 1.165) is 54.7 Å². The van der Waals surface area contributed by atoms with Crippen LogP contribution in [0.2, 0.25) is 0 Å². The number of hydrogen-bond donors (Lipinski definition) is 7. The van der Waals surface area contributed by atoms with Gasteiger partial charge in [-0.15, -0.1) is 0 Å². The van der Waals surface area contributed by atoms with Crippen molar-refractivity contribution in [3.05, 3.63) is 29.8 Å². The molecule has 0 aromatic heterocycles. The number of nitrogens with one attached hydrogen (secondary N) is 1. The predicted molar refractivity (Wildman–Crippen MR) is 165 cm³/mol. The van der Waals surface area contributed by atoms with E-state index in [4.69, 9.17) is 16.3 Å². The number of nitrogens with zero attached hydrogens (tertiary/aromatic N) is 2. The number of carboxylic acids is 4. The zero-order valence-corrected chi connectivity index (χ0v) is 26.0. The number of rotatable bonds is 27. The number of carbonyl (C=O) groups is 6. The number of amides is 1. The summed E-state index contributed by atoms with van der Waals surface area (Å²) in [5, 5.41) is 37.1. The molecular weight excluding hydrogens is 606 g/mol. The Balaban J connectivity index is 2.60. The second-order valence-electron chi connectivity index (χ2n) is 11.1. The average molecular weight is 654 g/mol. The molecule has 0 heterocycles. The van der Waals surface area contributed by atoms with Crippen LogP contribution in [-0.4, -0.2) is 117 Å². The van der Waals surface area contributed by atoms with Gasteiger partial charge in [0, 0.05) is 19.0 Å². The lowest BCUT2D eigenvalue weighted by molar-refractivity contribution is -0.146. The summed E-state index contributed by atoms with van der Waals surface area (Å²) in [6.07, 6.45) is 7.56. The molecule has 46 heavy (non-hydrogen) atoms. The normalized spacial score (nSPS) is 12.4. The summed E-state index contributed by atoms with van der Waals surface area (Å²) in [6.45, 7) is -2.89. The van der Waals surface area contributed by atoms with Crippen molar-refractivity contribution in [2.75, 3.05) is 39.3 Å². The van der Waals surface area contributed by atoms with E-state index in [-0.39, 0.29) is 31.3 Å². The minimum atomic E-state index is -1.30. The van der Waals surface area contributed by atoms with Crippen LogP contribution in [0.4, 0.5) is 0 Å². The van der Waals surface area contributed by atoms with Gasteiger partial charge in [0.1, 0.15) is 12.4 Å². The zero-order valence-electron chi connectivity index (χ0n) is 26.0. The zero-order chi connectivity index (χ0) is 34.5. The van der Waals surface area contributed by atoms with Gasteiger partial charge in [-0.05, 0) is 37.0 Å². The van der Waals surface area contributed by atoms with Gasteiger partial charge in [0.25, 0.3) is 5.91 Å². The molecule has 0 fully saturated rings. The number of ether oxygens (including phenoxy) is 1. The van der Waals surface area contributed by atoms with Crippen LogP contribution >= 0.6 is 0 Å². The van der Waals surface area contributed by atoms with Gasteiger partial charge in [-0.2, -0.15) is 0 Å². The molecule has 9 N–H and O–H groups in total. The molecule has 1 aromatic carbocycles. The summed E-state index contributed by atoms with van der Waals surface area (Å²) in [6, 6.07) is 5.11. The Labute approximate surface area is 267 Å². The molecule has 1 aromatic rings. The van der Waals surface area contributed by atoms with E-state index < -0.39 is 62.1 Å². The maximum Gasteiger partial charge on any atom is 0.317 e. The highest BCUT2D eigenvalue weighted by Gasteiger charge is 2.27. The maximum absolute atomic E-state index is 12.3. The highest BCUT2D eigenvalue weighted by molar-refractivity contribution is 5.80. The van der Waals surface area contributed by atoms with E-state index in [0.29, 0.717) is 24.2 Å². The standard InChI is InChI=1S/C30H47N5O11/c31-25(30(45)33-32)9-7-5-3-1-2-4-6-8-23(36)20-46-24-12-10-21(11-13-24)14-22(35(18-28(41)42)19-29(43)44)15-34(16-26(37)38)17-27(39)40/h10-13,22,25H,1-9,14-20,31-32H2,(H,33,45)(H,37,38)(H,39,40)(H,41,42)(H,43,44). The molecule has 0 saturated heterocycles. The lowest BCUT2D eigenvalue weighted by atomic mass is 10.0. The first-order valence-corrected chi connectivity index (χ1v) is 15.1.